The molecule has 0 spiro atoms. The average Bonchev–Trinajstić information content (AvgIpc) is 2.44. The van der Waals surface area contributed by atoms with Crippen molar-refractivity contribution in [2.75, 3.05) is 0 Å². The number of aliphatic hydroxyl groups is 1. The van der Waals surface area contributed by atoms with E-state index in [2.05, 4.69) is 13.8 Å². The molecule has 1 nitrogen and oxygen atoms in total. The molecule has 2 aliphatic rings. The fourth-order valence-corrected chi connectivity index (χ4v) is 3.37. The van der Waals surface area contributed by atoms with Crippen molar-refractivity contribution in [2.45, 2.75) is 58.5 Å². The van der Waals surface area contributed by atoms with Gasteiger partial charge in [-0.3, -0.25) is 0 Å². The van der Waals surface area contributed by atoms with Crippen molar-refractivity contribution in [3.63, 3.8) is 0 Å². The number of aliphatic hydroxyl groups excluding tert-OH is 1. The zero-order chi connectivity index (χ0) is 9.47. The maximum Gasteiger partial charge on any atom is 0.0545 e. The summed E-state index contributed by atoms with van der Waals surface area (Å²) in [7, 11) is 0. The van der Waals surface area contributed by atoms with Crippen molar-refractivity contribution in [1.82, 2.24) is 0 Å². The molecule has 13 heavy (non-hydrogen) atoms. The van der Waals surface area contributed by atoms with Crippen LogP contribution >= 0.6 is 0 Å². The molecule has 0 radical (unpaired) electrons. The van der Waals surface area contributed by atoms with E-state index in [4.69, 9.17) is 0 Å². The molecule has 0 heterocycles. The van der Waals surface area contributed by atoms with Gasteiger partial charge in [0.05, 0.1) is 6.10 Å². The van der Waals surface area contributed by atoms with Crippen molar-refractivity contribution in [3.05, 3.63) is 0 Å². The Morgan fingerprint density at radius 2 is 2.00 bits per heavy atom. The molecule has 0 aromatic heterocycles. The van der Waals surface area contributed by atoms with Crippen molar-refractivity contribution < 1.29 is 5.11 Å². The lowest BCUT2D eigenvalue weighted by Gasteiger charge is -2.39. The third-order valence-electron chi connectivity index (χ3n) is 4.54. The highest BCUT2D eigenvalue weighted by molar-refractivity contribution is 4.92. The molecule has 4 atom stereocenters. The standard InChI is InChI=1S/C12H22O/c1-3-12(2)5-4-9-6-11(13)7-10(9)8-12/h9-11,13H,3-8H2,1-2H3. The summed E-state index contributed by atoms with van der Waals surface area (Å²) >= 11 is 0. The van der Waals surface area contributed by atoms with Crippen LogP contribution in [0.4, 0.5) is 0 Å². The number of hydrogen-bond acceptors (Lipinski definition) is 1. The lowest BCUT2D eigenvalue weighted by molar-refractivity contribution is 0.117. The molecule has 0 aromatic carbocycles. The van der Waals surface area contributed by atoms with E-state index < -0.39 is 0 Å². The zero-order valence-corrected chi connectivity index (χ0v) is 8.92. The van der Waals surface area contributed by atoms with Gasteiger partial charge in [0.15, 0.2) is 0 Å². The van der Waals surface area contributed by atoms with Gasteiger partial charge in [0.2, 0.25) is 0 Å². The Hall–Kier alpha value is -0.0400. The quantitative estimate of drug-likeness (QED) is 0.661. The van der Waals surface area contributed by atoms with Gasteiger partial charge in [0.1, 0.15) is 0 Å². The third kappa shape index (κ3) is 1.76. The van der Waals surface area contributed by atoms with Gasteiger partial charge in [-0.05, 0) is 49.4 Å². The normalized spacial score (nSPS) is 50.5. The molecule has 1 heteroatoms. The van der Waals surface area contributed by atoms with E-state index in [0.29, 0.717) is 5.41 Å². The van der Waals surface area contributed by atoms with Crippen LogP contribution < -0.4 is 0 Å². The number of fused-ring (bicyclic) bond motifs is 1. The molecule has 0 bridgehead atoms. The highest BCUT2D eigenvalue weighted by Crippen LogP contribution is 2.50. The topological polar surface area (TPSA) is 20.2 Å². The highest BCUT2D eigenvalue weighted by atomic mass is 16.3. The molecule has 1 N–H and O–H groups in total. The first-order chi connectivity index (χ1) is 6.13. The van der Waals surface area contributed by atoms with Crippen LogP contribution in [0, 0.1) is 17.3 Å². The van der Waals surface area contributed by atoms with Crippen molar-refractivity contribution in [3.8, 4) is 0 Å². The molecular weight excluding hydrogens is 160 g/mol. The molecule has 0 amide bonds. The van der Waals surface area contributed by atoms with Crippen LogP contribution in [0.1, 0.15) is 52.4 Å². The molecule has 0 aliphatic heterocycles. The van der Waals surface area contributed by atoms with Gasteiger partial charge in [0, 0.05) is 0 Å². The van der Waals surface area contributed by atoms with Gasteiger partial charge in [-0.1, -0.05) is 20.3 Å². The van der Waals surface area contributed by atoms with Gasteiger partial charge in [0.25, 0.3) is 0 Å². The van der Waals surface area contributed by atoms with Gasteiger partial charge in [-0.15, -0.1) is 0 Å². The van der Waals surface area contributed by atoms with Crippen LogP contribution in [0.5, 0.6) is 0 Å². The predicted octanol–water partition coefficient (Wildman–Crippen LogP) is 2.97. The Bertz CT molecular complexity index is 190. The summed E-state index contributed by atoms with van der Waals surface area (Å²) in [6.07, 6.45) is 7.63. The van der Waals surface area contributed by atoms with Crippen LogP contribution in [0.2, 0.25) is 0 Å². The van der Waals surface area contributed by atoms with Gasteiger partial charge >= 0.3 is 0 Å². The summed E-state index contributed by atoms with van der Waals surface area (Å²) in [6.45, 7) is 4.74. The molecule has 2 fully saturated rings. The summed E-state index contributed by atoms with van der Waals surface area (Å²) in [5, 5.41) is 9.60. The Labute approximate surface area is 81.5 Å². The summed E-state index contributed by atoms with van der Waals surface area (Å²) in [6, 6.07) is 0. The molecule has 4 unspecified atom stereocenters. The van der Waals surface area contributed by atoms with Crippen molar-refractivity contribution in [1.29, 1.82) is 0 Å². The van der Waals surface area contributed by atoms with Gasteiger partial charge in [-0.2, -0.15) is 0 Å². The highest BCUT2D eigenvalue weighted by Gasteiger charge is 2.41. The molecule has 2 rings (SSSR count). The number of hydrogen-bond donors (Lipinski definition) is 1. The summed E-state index contributed by atoms with van der Waals surface area (Å²) < 4.78 is 0. The third-order valence-corrected chi connectivity index (χ3v) is 4.54. The van der Waals surface area contributed by atoms with Crippen molar-refractivity contribution >= 4 is 0 Å². The van der Waals surface area contributed by atoms with E-state index in [0.717, 1.165) is 24.7 Å². The molecule has 76 valence electrons. The Balaban J connectivity index is 2.01. The van der Waals surface area contributed by atoms with Crippen molar-refractivity contribution in [2.24, 2.45) is 17.3 Å². The molecule has 2 saturated carbocycles. The fraction of sp³-hybridized carbons (Fsp3) is 1.00. The molecule has 2 aliphatic carbocycles. The van der Waals surface area contributed by atoms with E-state index in [1.165, 1.54) is 25.7 Å². The largest absolute Gasteiger partial charge is 0.393 e. The monoisotopic (exact) mass is 182 g/mol. The SMILES string of the molecule is CCC1(C)CCC2CC(O)CC2C1. The minimum absolute atomic E-state index is 0.0224. The predicted molar refractivity (Wildman–Crippen MR) is 54.5 cm³/mol. The lowest BCUT2D eigenvalue weighted by Crippen LogP contribution is -2.28. The summed E-state index contributed by atoms with van der Waals surface area (Å²) in [5.41, 5.74) is 0.589. The Kier molecular flexibility index (Phi) is 2.39. The fourth-order valence-electron chi connectivity index (χ4n) is 3.37. The summed E-state index contributed by atoms with van der Waals surface area (Å²) in [5.74, 6) is 1.70. The maximum absolute atomic E-state index is 9.60. The summed E-state index contributed by atoms with van der Waals surface area (Å²) in [4.78, 5) is 0. The second kappa shape index (κ2) is 3.27. The average molecular weight is 182 g/mol. The van der Waals surface area contributed by atoms with E-state index >= 15 is 0 Å². The zero-order valence-electron chi connectivity index (χ0n) is 8.92. The Morgan fingerprint density at radius 3 is 2.69 bits per heavy atom. The van der Waals surface area contributed by atoms with Crippen LogP contribution in [0.25, 0.3) is 0 Å². The minimum atomic E-state index is 0.0224. The van der Waals surface area contributed by atoms with E-state index in [1.807, 2.05) is 0 Å². The first-order valence-corrected chi connectivity index (χ1v) is 5.81. The van der Waals surface area contributed by atoms with Crippen LogP contribution in [0.3, 0.4) is 0 Å². The maximum atomic E-state index is 9.60. The minimum Gasteiger partial charge on any atom is -0.393 e. The Morgan fingerprint density at radius 1 is 1.31 bits per heavy atom. The van der Waals surface area contributed by atoms with Gasteiger partial charge in [-0.25, -0.2) is 0 Å². The van der Waals surface area contributed by atoms with Gasteiger partial charge < -0.3 is 5.11 Å². The van der Waals surface area contributed by atoms with Crippen LogP contribution in [0.15, 0.2) is 0 Å². The molecule has 0 aromatic rings. The van der Waals surface area contributed by atoms with E-state index in [9.17, 15) is 5.11 Å². The second-order valence-corrected chi connectivity index (χ2v) is 5.55. The molecule has 0 saturated heterocycles. The van der Waals surface area contributed by atoms with Crippen LogP contribution in [-0.2, 0) is 0 Å². The lowest BCUT2D eigenvalue weighted by atomic mass is 9.66. The molecular formula is C12H22O. The van der Waals surface area contributed by atoms with E-state index in [-0.39, 0.29) is 6.10 Å². The first-order valence-electron chi connectivity index (χ1n) is 5.81. The van der Waals surface area contributed by atoms with Crippen LogP contribution in [-0.4, -0.2) is 11.2 Å². The second-order valence-electron chi connectivity index (χ2n) is 5.55. The van der Waals surface area contributed by atoms with E-state index in [1.54, 1.807) is 0 Å². The first kappa shape index (κ1) is 9.51. The smallest absolute Gasteiger partial charge is 0.0545 e. The number of rotatable bonds is 1.